The first-order valence-electron chi connectivity index (χ1n) is 5.66. The van der Waals surface area contributed by atoms with E-state index in [0.717, 1.165) is 11.8 Å². The SMILES string of the molecule is CCC(=Nc1ccccc1)c1cc(O)cc(=O)o1. The van der Waals surface area contributed by atoms with E-state index in [-0.39, 0.29) is 5.75 Å². The Morgan fingerprint density at radius 3 is 2.61 bits per heavy atom. The van der Waals surface area contributed by atoms with E-state index in [1.165, 1.54) is 6.07 Å². The molecule has 0 radical (unpaired) electrons. The van der Waals surface area contributed by atoms with Crippen LogP contribution in [0.1, 0.15) is 19.1 Å². The van der Waals surface area contributed by atoms with Crippen molar-refractivity contribution in [3.8, 4) is 5.75 Å². The number of rotatable bonds is 3. The van der Waals surface area contributed by atoms with Crippen LogP contribution in [0.25, 0.3) is 0 Å². The molecular weight excluding hydrogens is 230 g/mol. The second-order valence-electron chi connectivity index (χ2n) is 3.75. The number of para-hydroxylation sites is 1. The summed E-state index contributed by atoms with van der Waals surface area (Å²) in [6, 6.07) is 11.8. The highest BCUT2D eigenvalue weighted by Crippen LogP contribution is 2.16. The molecule has 0 saturated carbocycles. The third-order valence-electron chi connectivity index (χ3n) is 2.39. The van der Waals surface area contributed by atoms with Gasteiger partial charge < -0.3 is 9.52 Å². The van der Waals surface area contributed by atoms with Crippen LogP contribution in [0.4, 0.5) is 5.69 Å². The van der Waals surface area contributed by atoms with Gasteiger partial charge in [-0.1, -0.05) is 25.1 Å². The predicted molar refractivity (Wildman–Crippen MR) is 69.6 cm³/mol. The van der Waals surface area contributed by atoms with Crippen LogP contribution >= 0.6 is 0 Å². The summed E-state index contributed by atoms with van der Waals surface area (Å²) in [5.74, 6) is 0.182. The Morgan fingerprint density at radius 1 is 1.28 bits per heavy atom. The van der Waals surface area contributed by atoms with Crippen LogP contribution in [0.2, 0.25) is 0 Å². The van der Waals surface area contributed by atoms with Crippen LogP contribution in [0, 0.1) is 0 Å². The molecule has 0 aliphatic carbocycles. The average molecular weight is 243 g/mol. The molecule has 2 aromatic rings. The molecule has 0 unspecified atom stereocenters. The highest BCUT2D eigenvalue weighted by Gasteiger charge is 2.07. The zero-order valence-corrected chi connectivity index (χ0v) is 9.96. The van der Waals surface area contributed by atoms with Gasteiger partial charge in [-0.05, 0) is 18.6 Å². The van der Waals surface area contributed by atoms with Gasteiger partial charge in [-0.2, -0.15) is 0 Å². The van der Waals surface area contributed by atoms with Crippen molar-refractivity contribution in [2.45, 2.75) is 13.3 Å². The lowest BCUT2D eigenvalue weighted by Crippen LogP contribution is -2.05. The standard InChI is InChI=1S/C14H13NO3/c1-2-12(15-10-6-4-3-5-7-10)13-8-11(16)9-14(17)18-13/h3-9,16H,2H2,1H3. The van der Waals surface area contributed by atoms with E-state index in [9.17, 15) is 9.90 Å². The number of hydrogen-bond acceptors (Lipinski definition) is 4. The van der Waals surface area contributed by atoms with Gasteiger partial charge in [-0.3, -0.25) is 0 Å². The lowest BCUT2D eigenvalue weighted by atomic mass is 10.2. The molecule has 0 aliphatic rings. The second kappa shape index (κ2) is 5.31. The Hall–Kier alpha value is -2.36. The van der Waals surface area contributed by atoms with Gasteiger partial charge in [-0.15, -0.1) is 0 Å². The van der Waals surface area contributed by atoms with Gasteiger partial charge in [0.25, 0.3) is 0 Å². The van der Waals surface area contributed by atoms with Gasteiger partial charge in [0, 0.05) is 6.07 Å². The van der Waals surface area contributed by atoms with E-state index in [1.807, 2.05) is 37.3 Å². The van der Waals surface area contributed by atoms with Gasteiger partial charge in [0.2, 0.25) is 0 Å². The summed E-state index contributed by atoms with van der Waals surface area (Å²) >= 11 is 0. The summed E-state index contributed by atoms with van der Waals surface area (Å²) in [7, 11) is 0. The van der Waals surface area contributed by atoms with Gasteiger partial charge in [0.15, 0.2) is 5.76 Å². The molecule has 1 N–H and O–H groups in total. The number of aromatic hydroxyl groups is 1. The van der Waals surface area contributed by atoms with E-state index in [0.29, 0.717) is 17.9 Å². The van der Waals surface area contributed by atoms with E-state index >= 15 is 0 Å². The molecule has 4 nitrogen and oxygen atoms in total. The summed E-state index contributed by atoms with van der Waals surface area (Å²) < 4.78 is 5.04. The fourth-order valence-electron chi connectivity index (χ4n) is 1.57. The Bertz CT molecular complexity index is 614. The van der Waals surface area contributed by atoms with Crippen molar-refractivity contribution in [3.63, 3.8) is 0 Å². The van der Waals surface area contributed by atoms with Crippen molar-refractivity contribution >= 4 is 11.4 Å². The molecule has 1 heterocycles. The molecule has 4 heteroatoms. The number of nitrogens with zero attached hydrogens (tertiary/aromatic N) is 1. The largest absolute Gasteiger partial charge is 0.508 e. The van der Waals surface area contributed by atoms with Crippen LogP contribution in [0.3, 0.4) is 0 Å². The summed E-state index contributed by atoms with van der Waals surface area (Å²) in [4.78, 5) is 15.6. The minimum Gasteiger partial charge on any atom is -0.508 e. The molecule has 0 spiro atoms. The third kappa shape index (κ3) is 2.85. The van der Waals surface area contributed by atoms with Gasteiger partial charge >= 0.3 is 5.63 Å². The summed E-state index contributed by atoms with van der Waals surface area (Å²) in [6.45, 7) is 1.91. The van der Waals surface area contributed by atoms with Crippen LogP contribution in [-0.2, 0) is 0 Å². The second-order valence-corrected chi connectivity index (χ2v) is 3.75. The Balaban J connectivity index is 2.45. The normalized spacial score (nSPS) is 11.5. The van der Waals surface area contributed by atoms with E-state index in [4.69, 9.17) is 4.42 Å². The first-order valence-corrected chi connectivity index (χ1v) is 5.66. The monoisotopic (exact) mass is 243 g/mol. The fraction of sp³-hybridized carbons (Fsp3) is 0.143. The maximum atomic E-state index is 11.2. The van der Waals surface area contributed by atoms with Crippen LogP contribution < -0.4 is 5.63 Å². The van der Waals surface area contributed by atoms with Crippen molar-refractivity contribution in [3.05, 3.63) is 58.6 Å². The highest BCUT2D eigenvalue weighted by molar-refractivity contribution is 5.99. The quantitative estimate of drug-likeness (QED) is 0.843. The number of aliphatic imine (C=N–C) groups is 1. The molecule has 18 heavy (non-hydrogen) atoms. The number of benzene rings is 1. The molecule has 1 aromatic carbocycles. The zero-order valence-electron chi connectivity index (χ0n) is 9.96. The zero-order chi connectivity index (χ0) is 13.0. The molecule has 1 aromatic heterocycles. The van der Waals surface area contributed by atoms with Crippen molar-refractivity contribution in [2.75, 3.05) is 0 Å². The molecule has 0 saturated heterocycles. The summed E-state index contributed by atoms with van der Waals surface area (Å²) in [5.41, 5.74) is 0.814. The third-order valence-corrected chi connectivity index (χ3v) is 2.39. The average Bonchev–Trinajstić information content (AvgIpc) is 2.36. The topological polar surface area (TPSA) is 62.8 Å². The summed E-state index contributed by atoms with van der Waals surface area (Å²) in [5, 5.41) is 9.39. The Morgan fingerprint density at radius 2 is 2.00 bits per heavy atom. The summed E-state index contributed by atoms with van der Waals surface area (Å²) in [6.07, 6.45) is 0.598. The minimum absolute atomic E-state index is 0.115. The van der Waals surface area contributed by atoms with Crippen molar-refractivity contribution in [2.24, 2.45) is 4.99 Å². The molecule has 0 amide bonds. The first kappa shape index (κ1) is 12.1. The maximum Gasteiger partial charge on any atom is 0.339 e. The smallest absolute Gasteiger partial charge is 0.339 e. The van der Waals surface area contributed by atoms with Gasteiger partial charge in [0.1, 0.15) is 5.75 Å². The molecular formula is C14H13NO3. The maximum absolute atomic E-state index is 11.2. The first-order chi connectivity index (χ1) is 8.69. The molecule has 0 bridgehead atoms. The predicted octanol–water partition coefficient (Wildman–Crippen LogP) is 2.88. The van der Waals surface area contributed by atoms with E-state index < -0.39 is 5.63 Å². The Kier molecular flexibility index (Phi) is 3.57. The Labute approximate surface area is 104 Å². The van der Waals surface area contributed by atoms with E-state index in [2.05, 4.69) is 4.99 Å². The van der Waals surface area contributed by atoms with Crippen LogP contribution in [0.15, 0.2) is 56.7 Å². The van der Waals surface area contributed by atoms with Crippen molar-refractivity contribution in [1.82, 2.24) is 0 Å². The fourth-order valence-corrected chi connectivity index (χ4v) is 1.57. The van der Waals surface area contributed by atoms with Crippen LogP contribution in [0.5, 0.6) is 5.75 Å². The molecule has 0 atom stereocenters. The molecule has 0 fully saturated rings. The minimum atomic E-state index is -0.584. The molecule has 92 valence electrons. The molecule has 2 rings (SSSR count). The van der Waals surface area contributed by atoms with Crippen molar-refractivity contribution < 1.29 is 9.52 Å². The van der Waals surface area contributed by atoms with Gasteiger partial charge in [0.05, 0.1) is 17.5 Å². The van der Waals surface area contributed by atoms with Crippen molar-refractivity contribution in [1.29, 1.82) is 0 Å². The molecule has 0 aliphatic heterocycles. The number of hydrogen-bond donors (Lipinski definition) is 1. The van der Waals surface area contributed by atoms with Gasteiger partial charge in [-0.25, -0.2) is 9.79 Å². The highest BCUT2D eigenvalue weighted by atomic mass is 16.4. The lowest BCUT2D eigenvalue weighted by Gasteiger charge is -2.03. The van der Waals surface area contributed by atoms with E-state index in [1.54, 1.807) is 0 Å². The van der Waals surface area contributed by atoms with Crippen LogP contribution in [-0.4, -0.2) is 10.8 Å². The lowest BCUT2D eigenvalue weighted by molar-refractivity contribution is 0.443.